The number of rotatable bonds is 3. The van der Waals surface area contributed by atoms with Gasteiger partial charge in [-0.05, 0) is 24.6 Å². The quantitative estimate of drug-likeness (QED) is 0.911. The van der Waals surface area contributed by atoms with E-state index < -0.39 is 11.7 Å². The van der Waals surface area contributed by atoms with Gasteiger partial charge in [-0.1, -0.05) is 23.7 Å². The van der Waals surface area contributed by atoms with Gasteiger partial charge in [0.25, 0.3) is 5.91 Å². The summed E-state index contributed by atoms with van der Waals surface area (Å²) in [6, 6.07) is 6.07. The summed E-state index contributed by atoms with van der Waals surface area (Å²) in [7, 11) is 1.68. The van der Waals surface area contributed by atoms with E-state index in [1.54, 1.807) is 26.1 Å². The molecule has 0 radical (unpaired) electrons. The molecule has 0 saturated heterocycles. The molecule has 1 amide bonds. The number of benzene rings is 1. The SMILES string of the molecule is CNc1ncc(C(=O)Nc2c(C)cccc2F)cc1Cl. The van der Waals surface area contributed by atoms with E-state index in [1.165, 1.54) is 18.3 Å². The van der Waals surface area contributed by atoms with Crippen molar-refractivity contribution in [3.05, 3.63) is 52.4 Å². The van der Waals surface area contributed by atoms with Crippen LogP contribution in [0, 0.1) is 12.7 Å². The Kier molecular flexibility index (Phi) is 4.20. The molecular formula is C14H13ClFN3O. The van der Waals surface area contributed by atoms with Crippen molar-refractivity contribution in [1.82, 2.24) is 4.98 Å². The number of halogens is 2. The number of carbonyl (C=O) groups excluding carboxylic acids is 1. The monoisotopic (exact) mass is 293 g/mol. The molecule has 1 aromatic heterocycles. The molecule has 0 fully saturated rings. The molecule has 0 atom stereocenters. The molecule has 0 spiro atoms. The molecule has 2 aromatic rings. The highest BCUT2D eigenvalue weighted by molar-refractivity contribution is 6.33. The predicted molar refractivity (Wildman–Crippen MR) is 77.9 cm³/mol. The smallest absolute Gasteiger partial charge is 0.257 e. The highest BCUT2D eigenvalue weighted by atomic mass is 35.5. The maximum atomic E-state index is 13.7. The Morgan fingerprint density at radius 1 is 1.40 bits per heavy atom. The molecule has 6 heteroatoms. The van der Waals surface area contributed by atoms with Crippen LogP contribution in [0.25, 0.3) is 0 Å². The van der Waals surface area contributed by atoms with Gasteiger partial charge in [0, 0.05) is 13.2 Å². The van der Waals surface area contributed by atoms with Crippen LogP contribution in [0.2, 0.25) is 5.02 Å². The van der Waals surface area contributed by atoms with Crippen LogP contribution >= 0.6 is 11.6 Å². The summed E-state index contributed by atoms with van der Waals surface area (Å²) in [5, 5.41) is 5.65. The first-order chi connectivity index (χ1) is 9.52. The van der Waals surface area contributed by atoms with Crippen LogP contribution in [0.4, 0.5) is 15.9 Å². The van der Waals surface area contributed by atoms with Crippen LogP contribution < -0.4 is 10.6 Å². The lowest BCUT2D eigenvalue weighted by Crippen LogP contribution is -2.14. The van der Waals surface area contributed by atoms with E-state index in [4.69, 9.17) is 11.6 Å². The van der Waals surface area contributed by atoms with Crippen LogP contribution in [0.15, 0.2) is 30.5 Å². The van der Waals surface area contributed by atoms with Gasteiger partial charge < -0.3 is 10.6 Å². The maximum Gasteiger partial charge on any atom is 0.257 e. The topological polar surface area (TPSA) is 54.0 Å². The largest absolute Gasteiger partial charge is 0.372 e. The highest BCUT2D eigenvalue weighted by Gasteiger charge is 2.13. The minimum absolute atomic E-state index is 0.159. The minimum atomic E-state index is -0.482. The summed E-state index contributed by atoms with van der Waals surface area (Å²) in [5.74, 6) is -0.468. The van der Waals surface area contributed by atoms with Crippen molar-refractivity contribution in [1.29, 1.82) is 0 Å². The standard InChI is InChI=1S/C14H13ClFN3O/c1-8-4-3-5-11(16)12(8)19-14(20)9-6-10(15)13(17-2)18-7-9/h3-7H,1-2H3,(H,17,18)(H,19,20). The fourth-order valence-corrected chi connectivity index (χ4v) is 1.98. The van der Waals surface area contributed by atoms with Crippen molar-refractivity contribution >= 4 is 29.0 Å². The van der Waals surface area contributed by atoms with E-state index in [-0.39, 0.29) is 11.3 Å². The fourth-order valence-electron chi connectivity index (χ4n) is 1.72. The van der Waals surface area contributed by atoms with Gasteiger partial charge in [0.1, 0.15) is 11.6 Å². The summed E-state index contributed by atoms with van der Waals surface area (Å²) in [5.41, 5.74) is 1.06. The fraction of sp³-hybridized carbons (Fsp3) is 0.143. The molecule has 2 N–H and O–H groups in total. The summed E-state index contributed by atoms with van der Waals surface area (Å²) in [6.07, 6.45) is 1.38. The van der Waals surface area contributed by atoms with Gasteiger partial charge in [-0.3, -0.25) is 4.79 Å². The average molecular weight is 294 g/mol. The van der Waals surface area contributed by atoms with Crippen molar-refractivity contribution in [2.24, 2.45) is 0 Å². The first-order valence-corrected chi connectivity index (χ1v) is 6.30. The minimum Gasteiger partial charge on any atom is -0.372 e. The molecule has 0 aliphatic rings. The van der Waals surface area contributed by atoms with E-state index >= 15 is 0 Å². The number of aromatic nitrogens is 1. The lowest BCUT2D eigenvalue weighted by molar-refractivity contribution is 0.102. The molecular weight excluding hydrogens is 281 g/mol. The average Bonchev–Trinajstić information content (AvgIpc) is 2.42. The lowest BCUT2D eigenvalue weighted by atomic mass is 10.2. The zero-order chi connectivity index (χ0) is 14.7. The van der Waals surface area contributed by atoms with Crippen LogP contribution in [0.5, 0.6) is 0 Å². The van der Waals surface area contributed by atoms with Crippen LogP contribution in [0.1, 0.15) is 15.9 Å². The van der Waals surface area contributed by atoms with Crippen LogP contribution in [-0.2, 0) is 0 Å². The molecule has 20 heavy (non-hydrogen) atoms. The Balaban J connectivity index is 2.26. The van der Waals surface area contributed by atoms with Gasteiger partial charge in [-0.15, -0.1) is 0 Å². The Morgan fingerprint density at radius 3 is 2.75 bits per heavy atom. The first-order valence-electron chi connectivity index (χ1n) is 5.92. The summed E-state index contributed by atoms with van der Waals surface area (Å²) in [6.45, 7) is 1.72. The molecule has 1 heterocycles. The van der Waals surface area contributed by atoms with Gasteiger partial charge >= 0.3 is 0 Å². The molecule has 0 aliphatic heterocycles. The number of nitrogens with one attached hydrogen (secondary N) is 2. The third kappa shape index (κ3) is 2.88. The Labute approximate surface area is 121 Å². The second-order valence-electron chi connectivity index (χ2n) is 4.19. The maximum absolute atomic E-state index is 13.7. The lowest BCUT2D eigenvalue weighted by Gasteiger charge is -2.10. The van der Waals surface area contributed by atoms with Gasteiger partial charge in [-0.2, -0.15) is 0 Å². The van der Waals surface area contributed by atoms with Gasteiger partial charge in [0.2, 0.25) is 0 Å². The Morgan fingerprint density at radius 2 is 2.15 bits per heavy atom. The Bertz CT molecular complexity index is 641. The molecule has 0 bridgehead atoms. The number of nitrogens with zero attached hydrogens (tertiary/aromatic N) is 1. The molecule has 0 saturated carbocycles. The Hall–Kier alpha value is -2.14. The van der Waals surface area contributed by atoms with E-state index in [0.717, 1.165) is 0 Å². The summed E-state index contributed by atoms with van der Waals surface area (Å²) < 4.78 is 13.7. The number of aryl methyl sites for hydroxylation is 1. The number of para-hydroxylation sites is 1. The zero-order valence-electron chi connectivity index (χ0n) is 11.0. The van der Waals surface area contributed by atoms with Crippen molar-refractivity contribution in [2.75, 3.05) is 17.7 Å². The second kappa shape index (κ2) is 5.88. The van der Waals surface area contributed by atoms with E-state index in [9.17, 15) is 9.18 Å². The van der Waals surface area contributed by atoms with Crippen molar-refractivity contribution in [2.45, 2.75) is 6.92 Å². The predicted octanol–water partition coefficient (Wildman–Crippen LogP) is 3.48. The number of hydrogen-bond donors (Lipinski definition) is 2. The van der Waals surface area contributed by atoms with Gasteiger partial charge in [0.15, 0.2) is 0 Å². The first kappa shape index (κ1) is 14.3. The van der Waals surface area contributed by atoms with Crippen molar-refractivity contribution < 1.29 is 9.18 Å². The third-order valence-corrected chi connectivity index (χ3v) is 3.09. The molecule has 2 rings (SSSR count). The second-order valence-corrected chi connectivity index (χ2v) is 4.60. The van der Waals surface area contributed by atoms with E-state index in [2.05, 4.69) is 15.6 Å². The summed E-state index contributed by atoms with van der Waals surface area (Å²) in [4.78, 5) is 16.1. The third-order valence-electron chi connectivity index (χ3n) is 2.80. The number of amides is 1. The molecule has 1 aromatic carbocycles. The zero-order valence-corrected chi connectivity index (χ0v) is 11.8. The van der Waals surface area contributed by atoms with Crippen molar-refractivity contribution in [3.8, 4) is 0 Å². The molecule has 0 unspecified atom stereocenters. The molecule has 4 nitrogen and oxygen atoms in total. The van der Waals surface area contributed by atoms with E-state index in [0.29, 0.717) is 16.4 Å². The van der Waals surface area contributed by atoms with Gasteiger partial charge in [-0.25, -0.2) is 9.37 Å². The highest BCUT2D eigenvalue weighted by Crippen LogP contribution is 2.22. The summed E-state index contributed by atoms with van der Waals surface area (Å²) >= 11 is 5.96. The number of anilines is 2. The van der Waals surface area contributed by atoms with Crippen molar-refractivity contribution in [3.63, 3.8) is 0 Å². The van der Waals surface area contributed by atoms with Gasteiger partial charge in [0.05, 0.1) is 16.3 Å². The number of hydrogen-bond acceptors (Lipinski definition) is 3. The van der Waals surface area contributed by atoms with E-state index in [1.807, 2.05) is 0 Å². The normalized spacial score (nSPS) is 10.2. The number of carbonyl (C=O) groups is 1. The van der Waals surface area contributed by atoms with Crippen LogP contribution in [-0.4, -0.2) is 17.9 Å². The number of pyridine rings is 1. The molecule has 0 aliphatic carbocycles. The van der Waals surface area contributed by atoms with Crippen LogP contribution in [0.3, 0.4) is 0 Å². The molecule has 104 valence electrons.